The van der Waals surface area contributed by atoms with E-state index in [1.54, 1.807) is 0 Å². The number of thioether (sulfide) groups is 1. The molecule has 29 heavy (non-hydrogen) atoms. The Morgan fingerprint density at radius 1 is 1.24 bits per heavy atom. The Bertz CT molecular complexity index is 944. The summed E-state index contributed by atoms with van der Waals surface area (Å²) >= 11 is 2.78. The molecular formula is C21H25N5OS2. The highest BCUT2D eigenvalue weighted by molar-refractivity contribution is 7.99. The minimum atomic E-state index is -0.0978. The molecule has 2 heterocycles. The van der Waals surface area contributed by atoms with Gasteiger partial charge in [-0.3, -0.25) is 9.89 Å². The van der Waals surface area contributed by atoms with Gasteiger partial charge in [0.1, 0.15) is 5.82 Å². The molecular weight excluding hydrogens is 402 g/mol. The average molecular weight is 428 g/mol. The Morgan fingerprint density at radius 2 is 2.03 bits per heavy atom. The lowest BCUT2D eigenvalue weighted by atomic mass is 10.0. The third kappa shape index (κ3) is 5.45. The first-order valence-corrected chi connectivity index (χ1v) is 11.9. The minimum Gasteiger partial charge on any atom is -0.301 e. The van der Waals surface area contributed by atoms with Gasteiger partial charge in [-0.25, -0.2) is 9.97 Å². The number of aromatic amines is 1. The van der Waals surface area contributed by atoms with Gasteiger partial charge in [-0.1, -0.05) is 68.6 Å². The molecule has 4 rings (SSSR count). The van der Waals surface area contributed by atoms with Gasteiger partial charge in [-0.05, 0) is 17.9 Å². The zero-order chi connectivity index (χ0) is 20.1. The first-order valence-electron chi connectivity index (χ1n) is 10.1. The number of hydrogen-bond acceptors (Lipinski definition) is 6. The number of carbonyl (C=O) groups is 1. The van der Waals surface area contributed by atoms with Crippen LogP contribution in [0.1, 0.15) is 44.0 Å². The van der Waals surface area contributed by atoms with Crippen molar-refractivity contribution in [3.8, 4) is 11.3 Å². The molecule has 1 saturated carbocycles. The summed E-state index contributed by atoms with van der Waals surface area (Å²) in [6.45, 7) is 2.14. The summed E-state index contributed by atoms with van der Waals surface area (Å²) in [6.07, 6.45) is 7.19. The van der Waals surface area contributed by atoms with Gasteiger partial charge < -0.3 is 5.32 Å². The largest absolute Gasteiger partial charge is 0.301 e. The van der Waals surface area contributed by atoms with Gasteiger partial charge in [-0.15, -0.1) is 16.4 Å². The quantitative estimate of drug-likeness (QED) is 0.497. The number of carbonyl (C=O) groups excluding carboxylic acids is 1. The number of rotatable bonds is 8. The van der Waals surface area contributed by atoms with E-state index in [4.69, 9.17) is 0 Å². The second-order valence-corrected chi connectivity index (χ2v) is 9.15. The molecule has 1 aliphatic carbocycles. The topological polar surface area (TPSA) is 83.6 Å². The highest BCUT2D eigenvalue weighted by atomic mass is 32.2. The van der Waals surface area contributed by atoms with E-state index in [9.17, 15) is 4.79 Å². The number of aromatic nitrogens is 4. The zero-order valence-electron chi connectivity index (χ0n) is 16.5. The van der Waals surface area contributed by atoms with Crippen LogP contribution in [0.5, 0.6) is 0 Å². The van der Waals surface area contributed by atoms with Crippen molar-refractivity contribution in [2.24, 2.45) is 5.92 Å². The van der Waals surface area contributed by atoms with Crippen LogP contribution in [-0.2, 0) is 17.6 Å². The summed E-state index contributed by atoms with van der Waals surface area (Å²) in [5.74, 6) is 1.82. The lowest BCUT2D eigenvalue weighted by Gasteiger charge is -2.04. The zero-order valence-corrected chi connectivity index (χ0v) is 18.1. The van der Waals surface area contributed by atoms with Crippen molar-refractivity contribution < 1.29 is 4.79 Å². The fourth-order valence-corrected chi connectivity index (χ4v) is 4.94. The summed E-state index contributed by atoms with van der Waals surface area (Å²) in [5.41, 5.74) is 3.24. The lowest BCUT2D eigenvalue weighted by Crippen LogP contribution is -2.13. The standard InChI is InChI=1S/C21H25N5OS2/c1-2-14-7-9-16(10-8-14)17-12-28-20(22-17)24-19(27)13-29-21-23-18(25-26-21)11-15-5-3-4-6-15/h7-10,12,15H,2-6,11,13H2,1H3,(H,22,24,27)(H,23,25,26). The monoisotopic (exact) mass is 427 g/mol. The summed E-state index contributed by atoms with van der Waals surface area (Å²) in [5, 5.41) is 13.3. The molecule has 0 atom stereocenters. The van der Waals surface area contributed by atoms with Crippen LogP contribution in [0.4, 0.5) is 5.13 Å². The third-order valence-corrected chi connectivity index (χ3v) is 6.81. The number of thiazole rings is 1. The summed E-state index contributed by atoms with van der Waals surface area (Å²) in [7, 11) is 0. The predicted octanol–water partition coefficient (Wildman–Crippen LogP) is 4.95. The number of amides is 1. The Hall–Kier alpha value is -2.19. The van der Waals surface area contributed by atoms with Crippen LogP contribution >= 0.6 is 23.1 Å². The van der Waals surface area contributed by atoms with Crippen molar-refractivity contribution in [2.45, 2.75) is 50.6 Å². The molecule has 0 aliphatic heterocycles. The molecule has 0 unspecified atom stereocenters. The molecule has 152 valence electrons. The average Bonchev–Trinajstić information content (AvgIpc) is 3.50. The van der Waals surface area contributed by atoms with Gasteiger partial charge in [0.25, 0.3) is 0 Å². The summed E-state index contributed by atoms with van der Waals surface area (Å²) < 4.78 is 0. The third-order valence-electron chi connectivity index (χ3n) is 5.21. The van der Waals surface area contributed by atoms with E-state index >= 15 is 0 Å². The van der Waals surface area contributed by atoms with Gasteiger partial charge in [0.15, 0.2) is 5.13 Å². The van der Waals surface area contributed by atoms with Crippen LogP contribution in [0.3, 0.4) is 0 Å². The molecule has 8 heteroatoms. The summed E-state index contributed by atoms with van der Waals surface area (Å²) in [4.78, 5) is 21.3. The van der Waals surface area contributed by atoms with Crippen LogP contribution in [0.2, 0.25) is 0 Å². The van der Waals surface area contributed by atoms with Crippen molar-refractivity contribution in [3.05, 3.63) is 41.0 Å². The van der Waals surface area contributed by atoms with E-state index < -0.39 is 0 Å². The first kappa shape index (κ1) is 20.1. The number of aryl methyl sites for hydroxylation is 1. The number of anilines is 1. The molecule has 3 aromatic rings. The molecule has 1 aromatic carbocycles. The van der Waals surface area contributed by atoms with Crippen LogP contribution in [0, 0.1) is 5.92 Å². The highest BCUT2D eigenvalue weighted by Crippen LogP contribution is 2.28. The Balaban J connectivity index is 1.26. The van der Waals surface area contributed by atoms with Gasteiger partial charge in [-0.2, -0.15) is 0 Å². The van der Waals surface area contributed by atoms with Crippen molar-refractivity contribution in [1.29, 1.82) is 0 Å². The van der Waals surface area contributed by atoms with E-state index in [0.717, 1.165) is 35.8 Å². The molecule has 2 N–H and O–H groups in total. The van der Waals surface area contributed by atoms with Crippen LogP contribution in [0.25, 0.3) is 11.3 Å². The number of hydrogen-bond donors (Lipinski definition) is 2. The smallest absolute Gasteiger partial charge is 0.236 e. The molecule has 1 fully saturated rings. The van der Waals surface area contributed by atoms with E-state index in [0.29, 0.717) is 10.3 Å². The van der Waals surface area contributed by atoms with E-state index in [2.05, 4.69) is 56.7 Å². The fraction of sp³-hybridized carbons (Fsp3) is 0.429. The number of nitrogens with one attached hydrogen (secondary N) is 2. The van der Waals surface area contributed by atoms with Crippen LogP contribution in [-0.4, -0.2) is 31.8 Å². The number of nitrogens with zero attached hydrogens (tertiary/aromatic N) is 3. The maximum absolute atomic E-state index is 12.3. The van der Waals surface area contributed by atoms with Gasteiger partial charge >= 0.3 is 0 Å². The van der Waals surface area contributed by atoms with Crippen molar-refractivity contribution in [1.82, 2.24) is 20.2 Å². The highest BCUT2D eigenvalue weighted by Gasteiger charge is 2.18. The molecule has 1 aliphatic rings. The van der Waals surface area contributed by atoms with E-state index in [1.807, 2.05) is 5.38 Å². The molecule has 0 bridgehead atoms. The molecule has 1 amide bonds. The molecule has 0 spiro atoms. The molecule has 2 aromatic heterocycles. The number of H-pyrrole nitrogens is 1. The van der Waals surface area contributed by atoms with Gasteiger partial charge in [0.2, 0.25) is 11.1 Å². The van der Waals surface area contributed by atoms with Crippen molar-refractivity contribution in [3.63, 3.8) is 0 Å². The van der Waals surface area contributed by atoms with E-state index in [-0.39, 0.29) is 11.7 Å². The van der Waals surface area contributed by atoms with E-state index in [1.165, 1.54) is 54.3 Å². The molecule has 6 nitrogen and oxygen atoms in total. The summed E-state index contributed by atoms with van der Waals surface area (Å²) in [6, 6.07) is 8.37. The maximum atomic E-state index is 12.3. The Labute approximate surface area is 179 Å². The van der Waals surface area contributed by atoms with Crippen LogP contribution in [0.15, 0.2) is 34.8 Å². The van der Waals surface area contributed by atoms with Crippen molar-refractivity contribution >= 4 is 34.1 Å². The normalized spacial score (nSPS) is 14.4. The van der Waals surface area contributed by atoms with Crippen molar-refractivity contribution in [2.75, 3.05) is 11.1 Å². The van der Waals surface area contributed by atoms with Gasteiger partial charge in [0, 0.05) is 17.4 Å². The number of benzene rings is 1. The maximum Gasteiger partial charge on any atom is 0.236 e. The first-order chi connectivity index (χ1) is 14.2. The second kappa shape index (κ2) is 9.54. The Morgan fingerprint density at radius 3 is 2.79 bits per heavy atom. The Kier molecular flexibility index (Phi) is 6.61. The molecule has 0 saturated heterocycles. The molecule has 0 radical (unpaired) electrons. The minimum absolute atomic E-state index is 0.0978. The second-order valence-electron chi connectivity index (χ2n) is 7.34. The predicted molar refractivity (Wildman–Crippen MR) is 118 cm³/mol. The lowest BCUT2D eigenvalue weighted by molar-refractivity contribution is -0.113. The SMILES string of the molecule is CCc1ccc(-c2csc(NC(=O)CSc3n[nH]c(CC4CCCC4)n3)n2)cc1. The van der Waals surface area contributed by atoms with Crippen LogP contribution < -0.4 is 5.32 Å². The van der Waals surface area contributed by atoms with Gasteiger partial charge in [0.05, 0.1) is 11.4 Å². The fourth-order valence-electron chi connectivity index (χ4n) is 3.58.